The number of piperazine rings is 1. The molecule has 2 aromatic heterocycles. The SMILES string of the molecule is CN1CCN(Cc2cc(-c3ccc4[nH]ccc4c3)co2)[C@@H](c2ccc(F)cc2)C1. The fraction of sp³-hybridized carbons (Fsp3) is 0.250. The number of aromatic nitrogens is 1. The lowest BCUT2D eigenvalue weighted by Gasteiger charge is -2.40. The van der Waals surface area contributed by atoms with Crippen LogP contribution in [0.25, 0.3) is 22.0 Å². The van der Waals surface area contributed by atoms with E-state index < -0.39 is 0 Å². The third-order valence-electron chi connectivity index (χ3n) is 5.85. The van der Waals surface area contributed by atoms with Gasteiger partial charge in [0, 0.05) is 43.0 Å². The first kappa shape index (κ1) is 18.2. The van der Waals surface area contributed by atoms with E-state index in [1.807, 2.05) is 24.6 Å². The number of hydrogen-bond acceptors (Lipinski definition) is 3. The molecule has 1 atom stereocenters. The summed E-state index contributed by atoms with van der Waals surface area (Å²) in [7, 11) is 2.13. The summed E-state index contributed by atoms with van der Waals surface area (Å²) >= 11 is 0. The molecule has 1 aliphatic heterocycles. The highest BCUT2D eigenvalue weighted by atomic mass is 19.1. The predicted molar refractivity (Wildman–Crippen MR) is 113 cm³/mol. The molecule has 1 saturated heterocycles. The molecule has 3 heterocycles. The molecule has 4 aromatic rings. The quantitative estimate of drug-likeness (QED) is 0.530. The molecule has 0 radical (unpaired) electrons. The van der Waals surface area contributed by atoms with Gasteiger partial charge in [-0.1, -0.05) is 18.2 Å². The Balaban J connectivity index is 1.37. The Hall–Kier alpha value is -2.89. The number of H-pyrrole nitrogens is 1. The molecule has 0 amide bonds. The minimum Gasteiger partial charge on any atom is -0.467 e. The largest absolute Gasteiger partial charge is 0.467 e. The molecule has 0 spiro atoms. The zero-order valence-electron chi connectivity index (χ0n) is 16.4. The molecule has 1 N–H and O–H groups in total. The van der Waals surface area contributed by atoms with Gasteiger partial charge in [-0.05, 0) is 60.0 Å². The summed E-state index contributed by atoms with van der Waals surface area (Å²) in [5.74, 6) is 0.755. The van der Waals surface area contributed by atoms with Gasteiger partial charge in [0.15, 0.2) is 0 Å². The highest BCUT2D eigenvalue weighted by molar-refractivity contribution is 5.84. The van der Waals surface area contributed by atoms with Crippen LogP contribution in [0.2, 0.25) is 0 Å². The van der Waals surface area contributed by atoms with Crippen molar-refractivity contribution in [3.63, 3.8) is 0 Å². The van der Waals surface area contributed by atoms with E-state index in [0.717, 1.165) is 54.1 Å². The van der Waals surface area contributed by atoms with Crippen molar-refractivity contribution in [1.82, 2.24) is 14.8 Å². The number of furan rings is 1. The second-order valence-corrected chi connectivity index (χ2v) is 7.88. The van der Waals surface area contributed by atoms with Crippen LogP contribution in [-0.4, -0.2) is 41.5 Å². The van der Waals surface area contributed by atoms with Gasteiger partial charge in [-0.3, -0.25) is 4.90 Å². The molecular formula is C24H24FN3O. The molecule has 1 aliphatic rings. The minimum absolute atomic E-state index is 0.195. The van der Waals surface area contributed by atoms with Gasteiger partial charge < -0.3 is 14.3 Å². The van der Waals surface area contributed by atoms with Crippen LogP contribution in [0.5, 0.6) is 0 Å². The number of fused-ring (bicyclic) bond motifs is 1. The van der Waals surface area contributed by atoms with E-state index in [1.165, 1.54) is 5.39 Å². The summed E-state index contributed by atoms with van der Waals surface area (Å²) < 4.78 is 19.3. The number of rotatable bonds is 4. The second kappa shape index (κ2) is 7.50. The lowest BCUT2D eigenvalue weighted by Crippen LogP contribution is -2.46. The number of nitrogens with zero attached hydrogens (tertiary/aromatic N) is 2. The second-order valence-electron chi connectivity index (χ2n) is 7.88. The molecule has 5 heteroatoms. The summed E-state index contributed by atoms with van der Waals surface area (Å²) in [6, 6.07) is 17.7. The molecule has 148 valence electrons. The lowest BCUT2D eigenvalue weighted by molar-refractivity contribution is 0.0772. The van der Waals surface area contributed by atoms with Crippen molar-refractivity contribution in [1.29, 1.82) is 0 Å². The summed E-state index contributed by atoms with van der Waals surface area (Å²) in [5, 5.41) is 1.20. The van der Waals surface area contributed by atoms with Crippen molar-refractivity contribution in [3.05, 3.63) is 84.2 Å². The van der Waals surface area contributed by atoms with Gasteiger partial charge in [0.1, 0.15) is 11.6 Å². The molecule has 29 heavy (non-hydrogen) atoms. The Morgan fingerprint density at radius 1 is 1.03 bits per heavy atom. The van der Waals surface area contributed by atoms with Gasteiger partial charge in [0.05, 0.1) is 12.8 Å². The molecule has 0 bridgehead atoms. The zero-order chi connectivity index (χ0) is 19.8. The van der Waals surface area contributed by atoms with Crippen LogP contribution in [0.15, 0.2) is 71.5 Å². The molecule has 2 aromatic carbocycles. The smallest absolute Gasteiger partial charge is 0.123 e. The average Bonchev–Trinajstić information content (AvgIpc) is 3.39. The number of benzene rings is 2. The maximum absolute atomic E-state index is 13.4. The molecular weight excluding hydrogens is 365 g/mol. The van der Waals surface area contributed by atoms with Crippen LogP contribution in [0.3, 0.4) is 0 Å². The van der Waals surface area contributed by atoms with E-state index in [9.17, 15) is 4.39 Å². The first-order chi connectivity index (χ1) is 14.2. The lowest BCUT2D eigenvalue weighted by atomic mass is 10.0. The molecule has 4 nitrogen and oxygen atoms in total. The number of aromatic amines is 1. The Kier molecular flexibility index (Phi) is 4.70. The number of halogens is 1. The average molecular weight is 389 g/mol. The van der Waals surface area contributed by atoms with Crippen molar-refractivity contribution in [3.8, 4) is 11.1 Å². The highest BCUT2D eigenvalue weighted by Gasteiger charge is 2.27. The van der Waals surface area contributed by atoms with Gasteiger partial charge in [0.25, 0.3) is 0 Å². The van der Waals surface area contributed by atoms with Gasteiger partial charge >= 0.3 is 0 Å². The summed E-state index contributed by atoms with van der Waals surface area (Å²) in [5.41, 5.74) is 4.52. The molecule has 0 aliphatic carbocycles. The number of hydrogen-bond donors (Lipinski definition) is 1. The summed E-state index contributed by atoms with van der Waals surface area (Å²) in [6.45, 7) is 3.62. The third kappa shape index (κ3) is 3.71. The topological polar surface area (TPSA) is 35.4 Å². The zero-order valence-corrected chi connectivity index (χ0v) is 16.4. The van der Waals surface area contributed by atoms with Crippen LogP contribution in [0.1, 0.15) is 17.4 Å². The maximum Gasteiger partial charge on any atom is 0.123 e. The van der Waals surface area contributed by atoms with Crippen LogP contribution in [-0.2, 0) is 6.54 Å². The first-order valence-electron chi connectivity index (χ1n) is 9.99. The molecule has 0 saturated carbocycles. The monoisotopic (exact) mass is 389 g/mol. The molecule has 1 fully saturated rings. The number of likely N-dealkylation sites (N-methyl/N-ethyl adjacent to an activating group) is 1. The Labute approximate surface area is 169 Å². The molecule has 5 rings (SSSR count). The van der Waals surface area contributed by atoms with E-state index in [0.29, 0.717) is 0 Å². The van der Waals surface area contributed by atoms with Gasteiger partial charge in [0.2, 0.25) is 0 Å². The van der Waals surface area contributed by atoms with E-state index in [4.69, 9.17) is 4.42 Å². The van der Waals surface area contributed by atoms with Crippen molar-refractivity contribution < 1.29 is 8.81 Å². The van der Waals surface area contributed by atoms with E-state index in [-0.39, 0.29) is 11.9 Å². The Morgan fingerprint density at radius 2 is 1.90 bits per heavy atom. The summed E-state index contributed by atoms with van der Waals surface area (Å²) in [4.78, 5) is 7.97. The van der Waals surface area contributed by atoms with Crippen LogP contribution in [0.4, 0.5) is 4.39 Å². The Morgan fingerprint density at radius 3 is 2.76 bits per heavy atom. The molecule has 0 unspecified atom stereocenters. The standard InChI is InChI=1S/C24H24FN3O/c1-27-10-11-28(24(15-27)17-2-5-21(25)6-3-17)14-22-13-20(16-29-22)18-4-7-23-19(12-18)8-9-26-23/h2-9,12-13,16,24,26H,10-11,14-15H2,1H3/t24-/m1/s1. The third-order valence-corrected chi connectivity index (χ3v) is 5.85. The van der Waals surface area contributed by atoms with Crippen molar-refractivity contribution in [2.24, 2.45) is 0 Å². The minimum atomic E-state index is -0.195. The maximum atomic E-state index is 13.4. The first-order valence-corrected chi connectivity index (χ1v) is 9.99. The van der Waals surface area contributed by atoms with Crippen LogP contribution in [0, 0.1) is 5.82 Å². The number of nitrogens with one attached hydrogen (secondary N) is 1. The fourth-order valence-electron chi connectivity index (χ4n) is 4.20. The van der Waals surface area contributed by atoms with E-state index in [1.54, 1.807) is 12.1 Å². The van der Waals surface area contributed by atoms with Gasteiger partial charge in [-0.15, -0.1) is 0 Å². The fourth-order valence-corrected chi connectivity index (χ4v) is 4.20. The predicted octanol–water partition coefficient (Wildman–Crippen LogP) is 5.06. The Bertz CT molecular complexity index is 1110. The van der Waals surface area contributed by atoms with E-state index >= 15 is 0 Å². The van der Waals surface area contributed by atoms with Crippen LogP contribution < -0.4 is 0 Å². The van der Waals surface area contributed by atoms with Crippen molar-refractivity contribution in [2.45, 2.75) is 12.6 Å². The highest BCUT2D eigenvalue weighted by Crippen LogP contribution is 2.30. The van der Waals surface area contributed by atoms with Crippen molar-refractivity contribution >= 4 is 10.9 Å². The van der Waals surface area contributed by atoms with Gasteiger partial charge in [-0.25, -0.2) is 4.39 Å². The summed E-state index contributed by atoms with van der Waals surface area (Å²) in [6.07, 6.45) is 3.80. The van der Waals surface area contributed by atoms with Crippen molar-refractivity contribution in [2.75, 3.05) is 26.7 Å². The van der Waals surface area contributed by atoms with Crippen LogP contribution >= 0.6 is 0 Å². The normalized spacial score (nSPS) is 18.5. The van der Waals surface area contributed by atoms with E-state index in [2.05, 4.69) is 52.2 Å². The van der Waals surface area contributed by atoms with Gasteiger partial charge in [-0.2, -0.15) is 0 Å².